The predicted molar refractivity (Wildman–Crippen MR) is 43.9 cm³/mol. The lowest BCUT2D eigenvalue weighted by molar-refractivity contribution is -0.155. The van der Waals surface area contributed by atoms with Gasteiger partial charge in [-0.3, -0.25) is 4.79 Å². The van der Waals surface area contributed by atoms with Gasteiger partial charge in [-0.1, -0.05) is 0 Å². The molecule has 3 aliphatic rings. The van der Waals surface area contributed by atoms with Crippen molar-refractivity contribution in [3.8, 4) is 0 Å². The zero-order valence-corrected chi connectivity index (χ0v) is 7.74. The molecule has 4 nitrogen and oxygen atoms in total. The van der Waals surface area contributed by atoms with E-state index in [1.54, 1.807) is 0 Å². The molecule has 2 heterocycles. The molecule has 0 aromatic rings. The third kappa shape index (κ3) is 0.901. The maximum absolute atomic E-state index is 11.3. The minimum atomic E-state index is -0.515. The quantitative estimate of drug-likeness (QED) is 0.576. The van der Waals surface area contributed by atoms with Crippen molar-refractivity contribution in [2.45, 2.75) is 44.3 Å². The molecule has 1 amide bonds. The fraction of sp³-hybridized carbons (Fsp3) is 0.889. The average molecular weight is 183 g/mol. The van der Waals surface area contributed by atoms with Crippen LogP contribution in [0.3, 0.4) is 0 Å². The van der Waals surface area contributed by atoms with E-state index >= 15 is 0 Å². The summed E-state index contributed by atoms with van der Waals surface area (Å²) in [6.07, 6.45) is 0.955. The van der Waals surface area contributed by atoms with Gasteiger partial charge in [0.1, 0.15) is 12.2 Å². The van der Waals surface area contributed by atoms with Crippen LogP contribution >= 0.6 is 0 Å². The van der Waals surface area contributed by atoms with E-state index in [0.29, 0.717) is 0 Å². The largest absolute Gasteiger partial charge is 0.350 e. The highest BCUT2D eigenvalue weighted by molar-refractivity contribution is 5.83. The van der Waals surface area contributed by atoms with E-state index in [-0.39, 0.29) is 30.1 Å². The summed E-state index contributed by atoms with van der Waals surface area (Å²) in [7, 11) is 0. The molecular weight excluding hydrogens is 170 g/mol. The summed E-state index contributed by atoms with van der Waals surface area (Å²) in [5.41, 5.74) is 0. The van der Waals surface area contributed by atoms with Gasteiger partial charge in [0.2, 0.25) is 5.91 Å². The van der Waals surface area contributed by atoms with Gasteiger partial charge in [-0.25, -0.2) is 0 Å². The van der Waals surface area contributed by atoms with Crippen molar-refractivity contribution in [3.05, 3.63) is 0 Å². The van der Waals surface area contributed by atoms with E-state index < -0.39 is 5.79 Å². The van der Waals surface area contributed by atoms with E-state index in [4.69, 9.17) is 9.47 Å². The summed E-state index contributed by atoms with van der Waals surface area (Å²) in [6, 6.07) is 0.185. The Kier molecular flexibility index (Phi) is 1.23. The van der Waals surface area contributed by atoms with Crippen LogP contribution in [0.5, 0.6) is 0 Å². The van der Waals surface area contributed by atoms with Gasteiger partial charge in [0.25, 0.3) is 0 Å². The Morgan fingerprint density at radius 1 is 1.38 bits per heavy atom. The molecule has 2 aliphatic heterocycles. The SMILES string of the molecule is CC1(C)OC2C(O1)[C@H]1C[C@@H]2C(=O)N1. The van der Waals surface area contributed by atoms with Crippen molar-refractivity contribution < 1.29 is 14.3 Å². The first-order valence-corrected chi connectivity index (χ1v) is 4.73. The highest BCUT2D eigenvalue weighted by atomic mass is 16.8. The number of fused-ring (bicyclic) bond motifs is 5. The smallest absolute Gasteiger partial charge is 0.226 e. The lowest BCUT2D eigenvalue weighted by atomic mass is 10.0. The minimum Gasteiger partial charge on any atom is -0.350 e. The molecule has 0 spiro atoms. The highest BCUT2D eigenvalue weighted by Gasteiger charge is 2.60. The van der Waals surface area contributed by atoms with Crippen LogP contribution in [0.4, 0.5) is 0 Å². The summed E-state index contributed by atoms with van der Waals surface area (Å²) < 4.78 is 11.4. The van der Waals surface area contributed by atoms with Crippen molar-refractivity contribution in [1.29, 1.82) is 0 Å². The van der Waals surface area contributed by atoms with Crippen LogP contribution in [-0.2, 0) is 14.3 Å². The van der Waals surface area contributed by atoms with Crippen molar-refractivity contribution in [2.75, 3.05) is 0 Å². The Morgan fingerprint density at radius 2 is 2.08 bits per heavy atom. The fourth-order valence-electron chi connectivity index (χ4n) is 2.67. The standard InChI is InChI=1S/C9H13NO3/c1-9(2)12-6-4-3-5(7(6)13-9)10-8(4)11/h4-7H,3H2,1-2H3,(H,10,11)/t4-,5+,6?,7?/m0/s1. The van der Waals surface area contributed by atoms with Crippen LogP contribution in [0.1, 0.15) is 20.3 Å². The summed E-state index contributed by atoms with van der Waals surface area (Å²) in [4.78, 5) is 11.3. The van der Waals surface area contributed by atoms with Gasteiger partial charge in [0.15, 0.2) is 5.79 Å². The van der Waals surface area contributed by atoms with E-state index in [0.717, 1.165) is 6.42 Å². The van der Waals surface area contributed by atoms with Crippen molar-refractivity contribution in [3.63, 3.8) is 0 Å². The Hall–Kier alpha value is -0.610. The molecule has 3 fully saturated rings. The summed E-state index contributed by atoms with van der Waals surface area (Å²) >= 11 is 0. The average Bonchev–Trinajstić information content (AvgIpc) is 2.56. The summed E-state index contributed by atoms with van der Waals surface area (Å²) in [5, 5.41) is 2.92. The third-order valence-electron chi connectivity index (χ3n) is 3.13. The van der Waals surface area contributed by atoms with E-state index in [1.165, 1.54) is 0 Å². The fourth-order valence-corrected chi connectivity index (χ4v) is 2.67. The summed E-state index contributed by atoms with van der Waals surface area (Å²) in [6.45, 7) is 3.80. The lowest BCUT2D eigenvalue weighted by Crippen LogP contribution is -2.47. The number of nitrogens with one attached hydrogen (secondary N) is 1. The number of amides is 1. The van der Waals surface area contributed by atoms with Crippen LogP contribution in [0.2, 0.25) is 0 Å². The Bertz CT molecular complexity index is 276. The topological polar surface area (TPSA) is 47.6 Å². The van der Waals surface area contributed by atoms with Crippen LogP contribution in [0.15, 0.2) is 0 Å². The second-order valence-electron chi connectivity index (χ2n) is 4.52. The van der Waals surface area contributed by atoms with E-state index in [1.807, 2.05) is 13.8 Å². The predicted octanol–water partition coefficient (Wildman–Crippen LogP) is 0.0248. The number of hydrogen-bond acceptors (Lipinski definition) is 3. The van der Waals surface area contributed by atoms with E-state index in [2.05, 4.69) is 5.32 Å². The van der Waals surface area contributed by atoms with Crippen LogP contribution in [-0.4, -0.2) is 29.9 Å². The molecule has 1 saturated carbocycles. The van der Waals surface area contributed by atoms with Gasteiger partial charge in [-0.05, 0) is 20.3 Å². The first kappa shape index (κ1) is 7.76. The molecule has 0 aromatic heterocycles. The van der Waals surface area contributed by atoms with Gasteiger partial charge >= 0.3 is 0 Å². The van der Waals surface area contributed by atoms with Gasteiger partial charge in [0, 0.05) is 0 Å². The zero-order valence-electron chi connectivity index (χ0n) is 7.74. The zero-order chi connectivity index (χ0) is 9.22. The van der Waals surface area contributed by atoms with Crippen molar-refractivity contribution >= 4 is 5.91 Å². The molecule has 2 bridgehead atoms. The monoisotopic (exact) mass is 183 g/mol. The molecule has 0 radical (unpaired) electrons. The maximum atomic E-state index is 11.3. The van der Waals surface area contributed by atoms with Crippen LogP contribution in [0.25, 0.3) is 0 Å². The van der Waals surface area contributed by atoms with Gasteiger partial charge in [-0.15, -0.1) is 0 Å². The van der Waals surface area contributed by atoms with Crippen molar-refractivity contribution in [1.82, 2.24) is 5.32 Å². The maximum Gasteiger partial charge on any atom is 0.226 e. The second-order valence-corrected chi connectivity index (χ2v) is 4.52. The van der Waals surface area contributed by atoms with E-state index in [9.17, 15) is 4.79 Å². The molecule has 2 unspecified atom stereocenters. The van der Waals surface area contributed by atoms with Crippen LogP contribution in [0, 0.1) is 5.92 Å². The molecule has 2 saturated heterocycles. The molecule has 1 aliphatic carbocycles. The van der Waals surface area contributed by atoms with Gasteiger partial charge in [0.05, 0.1) is 12.0 Å². The third-order valence-corrected chi connectivity index (χ3v) is 3.13. The summed E-state index contributed by atoms with van der Waals surface area (Å²) in [5.74, 6) is -0.359. The molecule has 3 rings (SSSR count). The molecular formula is C9H13NO3. The first-order valence-electron chi connectivity index (χ1n) is 4.73. The molecule has 4 heteroatoms. The normalized spacial score (nSPS) is 50.8. The Labute approximate surface area is 76.6 Å². The second kappa shape index (κ2) is 2.07. The molecule has 1 N–H and O–H groups in total. The molecule has 72 valence electrons. The molecule has 13 heavy (non-hydrogen) atoms. The number of ether oxygens (including phenoxy) is 2. The first-order chi connectivity index (χ1) is 6.07. The molecule has 4 atom stereocenters. The molecule has 0 aromatic carbocycles. The highest BCUT2D eigenvalue weighted by Crippen LogP contribution is 2.44. The van der Waals surface area contributed by atoms with Gasteiger partial charge < -0.3 is 14.8 Å². The van der Waals surface area contributed by atoms with Crippen LogP contribution < -0.4 is 5.32 Å². The number of carbonyl (C=O) groups is 1. The lowest BCUT2D eigenvalue weighted by Gasteiger charge is -2.21. The van der Waals surface area contributed by atoms with Gasteiger partial charge in [-0.2, -0.15) is 0 Å². The number of hydrogen-bond donors (Lipinski definition) is 1. The Balaban J connectivity index is 1.91. The Morgan fingerprint density at radius 3 is 2.85 bits per heavy atom. The number of carbonyl (C=O) groups excluding carboxylic acids is 1. The van der Waals surface area contributed by atoms with Crippen molar-refractivity contribution in [2.24, 2.45) is 5.92 Å². The number of rotatable bonds is 0. The minimum absolute atomic E-state index is 0.00579. The number of piperidine rings is 1.